The lowest BCUT2D eigenvalue weighted by molar-refractivity contribution is 0.121. The van der Waals surface area contributed by atoms with Crippen molar-refractivity contribution in [3.05, 3.63) is 29.4 Å². The third kappa shape index (κ3) is 4.47. The first-order valence-corrected chi connectivity index (χ1v) is 11.5. The van der Waals surface area contributed by atoms with Gasteiger partial charge in [-0.2, -0.15) is 14.4 Å². The van der Waals surface area contributed by atoms with Crippen LogP contribution in [-0.4, -0.2) is 98.8 Å². The van der Waals surface area contributed by atoms with Gasteiger partial charge in [0.15, 0.2) is 11.6 Å². The zero-order chi connectivity index (χ0) is 21.9. The minimum absolute atomic E-state index is 0.352. The summed E-state index contributed by atoms with van der Waals surface area (Å²) in [5.74, 6) is 1.42. The van der Waals surface area contributed by atoms with Gasteiger partial charge in [-0.05, 0) is 18.6 Å². The molecule has 1 N–H and O–H groups in total. The topological polar surface area (TPSA) is 77.4 Å². The van der Waals surface area contributed by atoms with E-state index in [9.17, 15) is 5.11 Å². The number of nitrogens with zero attached hydrogens (tertiary/aromatic N) is 6. The molecule has 0 amide bonds. The predicted octanol–water partition coefficient (Wildman–Crippen LogP) is 1.53. The zero-order valence-electron chi connectivity index (χ0n) is 18.4. The van der Waals surface area contributed by atoms with Crippen LogP contribution in [0.25, 0.3) is 0 Å². The summed E-state index contributed by atoms with van der Waals surface area (Å²) in [5, 5.41) is 9.62. The fourth-order valence-electron chi connectivity index (χ4n) is 4.60. The van der Waals surface area contributed by atoms with E-state index >= 15 is 4.39 Å². The first-order chi connectivity index (χ1) is 15.7. The summed E-state index contributed by atoms with van der Waals surface area (Å²) >= 11 is 0. The maximum absolute atomic E-state index is 15.6. The summed E-state index contributed by atoms with van der Waals surface area (Å²) in [5.41, 5.74) is 1.26. The van der Waals surface area contributed by atoms with Crippen LogP contribution in [0.1, 0.15) is 12.8 Å². The number of aliphatic hydroxyl groups is 1. The van der Waals surface area contributed by atoms with Crippen molar-refractivity contribution in [2.45, 2.75) is 12.8 Å². The van der Waals surface area contributed by atoms with Crippen molar-refractivity contribution in [2.75, 3.05) is 93.5 Å². The van der Waals surface area contributed by atoms with E-state index in [0.717, 1.165) is 32.6 Å². The Hall–Kier alpha value is -2.59. The summed E-state index contributed by atoms with van der Waals surface area (Å²) in [6.45, 7) is 8.02. The number of rotatable bonds is 4. The molecule has 10 heteroatoms. The van der Waals surface area contributed by atoms with Gasteiger partial charge in [0.2, 0.25) is 11.8 Å². The molecule has 32 heavy (non-hydrogen) atoms. The number of hydrogen-bond donors (Lipinski definition) is 1. The minimum atomic E-state index is -0.352. The quantitative estimate of drug-likeness (QED) is 0.741. The molecular weight excluding hydrogens is 415 g/mol. The van der Waals surface area contributed by atoms with Crippen molar-refractivity contribution in [1.82, 2.24) is 14.9 Å². The molecule has 4 aliphatic rings. The van der Waals surface area contributed by atoms with Crippen LogP contribution in [0.5, 0.6) is 0 Å². The summed E-state index contributed by atoms with van der Waals surface area (Å²) in [7, 11) is 0. The Balaban J connectivity index is 1.38. The molecule has 5 rings (SSSR count). The van der Waals surface area contributed by atoms with Crippen molar-refractivity contribution in [3.63, 3.8) is 0 Å². The minimum Gasteiger partial charge on any atom is -0.512 e. The third-order valence-corrected chi connectivity index (χ3v) is 6.50. The van der Waals surface area contributed by atoms with E-state index in [1.54, 1.807) is 6.08 Å². The molecule has 0 saturated carbocycles. The smallest absolute Gasteiger partial charge is 0.229 e. The summed E-state index contributed by atoms with van der Waals surface area (Å²) in [4.78, 5) is 17.8. The van der Waals surface area contributed by atoms with Gasteiger partial charge in [-0.1, -0.05) is 0 Å². The maximum Gasteiger partial charge on any atom is 0.229 e. The Morgan fingerprint density at radius 2 is 1.22 bits per heavy atom. The van der Waals surface area contributed by atoms with Crippen LogP contribution in [0.2, 0.25) is 0 Å². The molecule has 1 aromatic rings. The lowest BCUT2D eigenvalue weighted by Gasteiger charge is -2.39. The van der Waals surface area contributed by atoms with Crippen LogP contribution < -0.4 is 14.7 Å². The van der Waals surface area contributed by atoms with E-state index in [0.29, 0.717) is 82.4 Å². The van der Waals surface area contributed by atoms with Crippen molar-refractivity contribution >= 4 is 17.6 Å². The first-order valence-electron chi connectivity index (χ1n) is 11.5. The van der Waals surface area contributed by atoms with Crippen molar-refractivity contribution in [2.24, 2.45) is 0 Å². The van der Waals surface area contributed by atoms with Crippen LogP contribution in [0.3, 0.4) is 0 Å². The van der Waals surface area contributed by atoms with E-state index in [-0.39, 0.29) is 5.82 Å². The van der Waals surface area contributed by atoms with Gasteiger partial charge in [0, 0.05) is 64.5 Å². The van der Waals surface area contributed by atoms with E-state index in [4.69, 9.17) is 19.4 Å². The molecule has 4 heterocycles. The average molecular weight is 447 g/mol. The van der Waals surface area contributed by atoms with E-state index in [1.807, 2.05) is 15.9 Å². The van der Waals surface area contributed by atoms with Gasteiger partial charge in [-0.25, -0.2) is 0 Å². The second-order valence-corrected chi connectivity index (χ2v) is 8.47. The highest BCUT2D eigenvalue weighted by molar-refractivity contribution is 5.58. The average Bonchev–Trinajstić information content (AvgIpc) is 2.86. The molecule has 0 aromatic carbocycles. The Kier molecular flexibility index (Phi) is 6.31. The summed E-state index contributed by atoms with van der Waals surface area (Å²) in [6, 6.07) is 0. The highest BCUT2D eigenvalue weighted by Crippen LogP contribution is 2.30. The van der Waals surface area contributed by atoms with Crippen LogP contribution >= 0.6 is 0 Å². The maximum atomic E-state index is 15.6. The van der Waals surface area contributed by atoms with E-state index < -0.39 is 0 Å². The first kappa shape index (κ1) is 21.3. The second kappa shape index (κ2) is 9.50. The molecule has 0 radical (unpaired) electrons. The highest BCUT2D eigenvalue weighted by atomic mass is 19.1. The molecule has 0 bridgehead atoms. The van der Waals surface area contributed by atoms with Gasteiger partial charge < -0.3 is 34.2 Å². The zero-order valence-corrected chi connectivity index (χ0v) is 18.4. The van der Waals surface area contributed by atoms with Crippen LogP contribution in [0.4, 0.5) is 22.0 Å². The Bertz CT molecular complexity index is 835. The Labute approximate surface area is 187 Å². The molecule has 1 aromatic heterocycles. The lowest BCUT2D eigenvalue weighted by Crippen LogP contribution is -2.47. The molecule has 3 fully saturated rings. The standard InChI is InChI=1S/C22H31FN6O3/c23-19-20(27-9-13-31-14-10-27)24-22(25-21(19)28-11-15-32-16-12-28)29-7-5-26(6-8-29)17-1-3-18(30)4-2-17/h1,3,30H,2,4-16H2. The normalized spacial score (nSPS) is 22.7. The van der Waals surface area contributed by atoms with E-state index in [1.165, 1.54) is 5.70 Å². The predicted molar refractivity (Wildman–Crippen MR) is 120 cm³/mol. The molecule has 1 aliphatic carbocycles. The number of aliphatic hydroxyl groups excluding tert-OH is 1. The fourth-order valence-corrected chi connectivity index (χ4v) is 4.60. The molecule has 0 atom stereocenters. The molecular formula is C22H31FN6O3. The number of halogens is 1. The van der Waals surface area contributed by atoms with Crippen LogP contribution in [-0.2, 0) is 9.47 Å². The van der Waals surface area contributed by atoms with Crippen LogP contribution in [0.15, 0.2) is 23.6 Å². The SMILES string of the molecule is OC1=CC=C(N2CCN(c3nc(N4CCOCC4)c(F)c(N4CCOCC4)n3)CC2)CC1. The largest absolute Gasteiger partial charge is 0.512 e. The van der Waals surface area contributed by atoms with Gasteiger partial charge >= 0.3 is 0 Å². The van der Waals surface area contributed by atoms with Gasteiger partial charge in [-0.15, -0.1) is 0 Å². The number of aromatic nitrogens is 2. The number of ether oxygens (including phenoxy) is 2. The van der Waals surface area contributed by atoms with Gasteiger partial charge in [-0.3, -0.25) is 0 Å². The lowest BCUT2D eigenvalue weighted by atomic mass is 10.1. The summed E-state index contributed by atoms with van der Waals surface area (Å²) < 4.78 is 26.5. The third-order valence-electron chi connectivity index (χ3n) is 6.50. The van der Waals surface area contributed by atoms with Crippen LogP contribution in [0, 0.1) is 5.82 Å². The van der Waals surface area contributed by atoms with Gasteiger partial charge in [0.05, 0.1) is 32.2 Å². The van der Waals surface area contributed by atoms with Crippen molar-refractivity contribution in [1.29, 1.82) is 0 Å². The highest BCUT2D eigenvalue weighted by Gasteiger charge is 2.29. The van der Waals surface area contributed by atoms with Gasteiger partial charge in [0.25, 0.3) is 0 Å². The molecule has 9 nitrogen and oxygen atoms in total. The van der Waals surface area contributed by atoms with E-state index in [2.05, 4.69) is 9.80 Å². The number of hydrogen-bond acceptors (Lipinski definition) is 9. The molecule has 3 aliphatic heterocycles. The fraction of sp³-hybridized carbons (Fsp3) is 0.636. The summed E-state index contributed by atoms with van der Waals surface area (Å²) in [6.07, 6.45) is 5.35. The molecule has 0 spiro atoms. The Morgan fingerprint density at radius 3 is 1.72 bits per heavy atom. The monoisotopic (exact) mass is 446 g/mol. The molecule has 174 valence electrons. The number of piperazine rings is 1. The number of allylic oxidation sites excluding steroid dienone is 4. The molecule has 3 saturated heterocycles. The van der Waals surface area contributed by atoms with Crippen molar-refractivity contribution in [3.8, 4) is 0 Å². The molecule has 0 unspecified atom stereocenters. The van der Waals surface area contributed by atoms with Gasteiger partial charge in [0.1, 0.15) is 0 Å². The number of morpholine rings is 2. The second-order valence-electron chi connectivity index (χ2n) is 8.47. The van der Waals surface area contributed by atoms with Crippen molar-refractivity contribution < 1.29 is 19.0 Å². The number of anilines is 3. The Morgan fingerprint density at radius 1 is 0.688 bits per heavy atom.